The number of amides is 2. The molecule has 1 aliphatic carbocycles. The number of carboxylic acid groups (broad SMARTS) is 1. The van der Waals surface area contributed by atoms with E-state index in [1.54, 1.807) is 4.90 Å². The van der Waals surface area contributed by atoms with Gasteiger partial charge in [-0.15, -0.1) is 0 Å². The van der Waals surface area contributed by atoms with Crippen LogP contribution in [0.5, 0.6) is 0 Å². The van der Waals surface area contributed by atoms with E-state index in [0.717, 1.165) is 32.2 Å². The van der Waals surface area contributed by atoms with Gasteiger partial charge < -0.3 is 25.0 Å². The molecule has 1 saturated carbocycles. The number of hydrogen-bond donors (Lipinski definition) is 2. The van der Waals surface area contributed by atoms with E-state index < -0.39 is 11.7 Å². The monoisotopic (exact) mass is 471 g/mol. The van der Waals surface area contributed by atoms with Crippen LogP contribution in [0.2, 0.25) is 0 Å². The third kappa shape index (κ3) is 5.44. The van der Waals surface area contributed by atoms with E-state index in [1.807, 2.05) is 25.7 Å². The summed E-state index contributed by atoms with van der Waals surface area (Å²) in [6.45, 7) is 14.1. The van der Waals surface area contributed by atoms with Gasteiger partial charge in [0.2, 0.25) is 0 Å². The Morgan fingerprint density at radius 1 is 1.18 bits per heavy atom. The molecule has 2 fully saturated rings. The third-order valence-electron chi connectivity index (χ3n) is 7.46. The van der Waals surface area contributed by atoms with Crippen molar-refractivity contribution in [2.45, 2.75) is 90.8 Å². The summed E-state index contributed by atoms with van der Waals surface area (Å²) >= 11 is 0. The first-order chi connectivity index (χ1) is 15.8. The molecule has 4 rings (SSSR count). The van der Waals surface area contributed by atoms with Crippen molar-refractivity contribution in [2.75, 3.05) is 25.0 Å². The third-order valence-corrected chi connectivity index (χ3v) is 7.46. The van der Waals surface area contributed by atoms with Gasteiger partial charge in [-0.25, -0.2) is 9.59 Å². The van der Waals surface area contributed by atoms with E-state index in [2.05, 4.69) is 44.3 Å². The molecule has 4 atom stereocenters. The Hall–Kier alpha value is -2.44. The molecule has 0 radical (unpaired) electrons. The molecular formula is C27H41N3O4. The quantitative estimate of drug-likeness (QED) is 0.601. The highest BCUT2D eigenvalue weighted by atomic mass is 16.6. The number of rotatable bonds is 4. The zero-order chi connectivity index (χ0) is 24.8. The molecule has 0 spiro atoms. The number of anilines is 1. The minimum atomic E-state index is -0.851. The number of piperidine rings is 1. The Morgan fingerprint density at radius 2 is 1.91 bits per heavy atom. The number of nitrogens with zero attached hydrogens (tertiary/aromatic N) is 2. The predicted octanol–water partition coefficient (Wildman–Crippen LogP) is 5.55. The van der Waals surface area contributed by atoms with Crippen LogP contribution in [-0.4, -0.2) is 64.4 Å². The maximum atomic E-state index is 13.3. The van der Waals surface area contributed by atoms with Gasteiger partial charge in [0.05, 0.1) is 0 Å². The molecule has 1 aromatic rings. The van der Waals surface area contributed by atoms with Crippen molar-refractivity contribution < 1.29 is 19.4 Å². The average Bonchev–Trinajstić information content (AvgIpc) is 3.37. The summed E-state index contributed by atoms with van der Waals surface area (Å²) in [6, 6.07) is 6.72. The minimum Gasteiger partial charge on any atom is -0.465 e. The van der Waals surface area contributed by atoms with Gasteiger partial charge in [0.1, 0.15) is 5.60 Å². The van der Waals surface area contributed by atoms with E-state index >= 15 is 0 Å². The van der Waals surface area contributed by atoms with Gasteiger partial charge in [-0.1, -0.05) is 32.9 Å². The summed E-state index contributed by atoms with van der Waals surface area (Å²) in [7, 11) is 0. The van der Waals surface area contributed by atoms with Crippen LogP contribution < -0.4 is 5.32 Å². The zero-order valence-corrected chi connectivity index (χ0v) is 21.6. The lowest BCUT2D eigenvalue weighted by Crippen LogP contribution is -2.53. The minimum absolute atomic E-state index is 0.0663. The van der Waals surface area contributed by atoms with E-state index in [-0.39, 0.29) is 29.5 Å². The number of hydrogen-bond acceptors (Lipinski definition) is 4. The average molecular weight is 472 g/mol. The van der Waals surface area contributed by atoms with Gasteiger partial charge in [-0.05, 0) is 75.0 Å². The summed E-state index contributed by atoms with van der Waals surface area (Å²) in [6.07, 6.45) is 2.41. The Balaban J connectivity index is 1.51. The van der Waals surface area contributed by atoms with Crippen molar-refractivity contribution in [3.05, 3.63) is 29.3 Å². The van der Waals surface area contributed by atoms with E-state index in [1.165, 1.54) is 16.8 Å². The van der Waals surface area contributed by atoms with Crippen molar-refractivity contribution in [3.63, 3.8) is 0 Å². The largest absolute Gasteiger partial charge is 0.465 e. The Bertz CT molecular complexity index is 933. The van der Waals surface area contributed by atoms with Gasteiger partial charge in [0, 0.05) is 43.3 Å². The Kier molecular flexibility index (Phi) is 6.51. The Labute approximate surface area is 203 Å². The van der Waals surface area contributed by atoms with Crippen LogP contribution in [0.1, 0.15) is 77.8 Å². The normalized spacial score (nSPS) is 26.5. The maximum Gasteiger partial charge on any atom is 0.410 e. The number of carbonyl (C=O) groups is 2. The van der Waals surface area contributed by atoms with E-state index in [4.69, 9.17) is 4.74 Å². The fourth-order valence-electron chi connectivity index (χ4n) is 5.64. The number of carbonyl (C=O) groups excluding carboxylic acids is 1. The molecule has 7 nitrogen and oxygen atoms in total. The first-order valence-electron chi connectivity index (χ1n) is 12.7. The molecule has 7 heteroatoms. The molecule has 2 aliphatic heterocycles. The van der Waals surface area contributed by atoms with Crippen LogP contribution >= 0.6 is 0 Å². The van der Waals surface area contributed by atoms with Crippen molar-refractivity contribution in [1.82, 2.24) is 9.80 Å². The van der Waals surface area contributed by atoms with Crippen LogP contribution in [-0.2, 0) is 11.2 Å². The second kappa shape index (κ2) is 8.97. The fraction of sp³-hybridized carbons (Fsp3) is 0.704. The second-order valence-electron chi connectivity index (χ2n) is 12.4. The van der Waals surface area contributed by atoms with Crippen molar-refractivity contribution in [3.8, 4) is 0 Å². The van der Waals surface area contributed by atoms with E-state index in [0.29, 0.717) is 19.0 Å². The second-order valence-corrected chi connectivity index (χ2v) is 12.4. The molecule has 0 aromatic heterocycles. The molecule has 3 aliphatic rings. The molecule has 188 valence electrons. The number of nitrogens with one attached hydrogen (secondary N) is 1. The molecular weight excluding hydrogens is 430 g/mol. The fourth-order valence-corrected chi connectivity index (χ4v) is 5.64. The predicted molar refractivity (Wildman–Crippen MR) is 133 cm³/mol. The highest BCUT2D eigenvalue weighted by Crippen LogP contribution is 2.47. The topological polar surface area (TPSA) is 82.1 Å². The standard InChI is InChI=1S/C27H41N3O4/c1-26(2,3)23-13-17(10-12-29(23)24(31)32)16-30(25(33)34-27(4,5)6)22-15-20(22)18-7-8-21-19(14-18)9-11-28-21/h7-8,14,17,20,22-23,28H,9-13,15-16H2,1-6H3,(H,31,32)/t17-,20?,22?,23-/m1/s1. The summed E-state index contributed by atoms with van der Waals surface area (Å²) < 4.78 is 5.83. The maximum absolute atomic E-state index is 13.3. The first-order valence-corrected chi connectivity index (χ1v) is 12.7. The number of fused-ring (bicyclic) bond motifs is 1. The summed E-state index contributed by atoms with van der Waals surface area (Å²) in [4.78, 5) is 28.7. The van der Waals surface area contributed by atoms with Gasteiger partial charge in [0.25, 0.3) is 0 Å². The summed E-state index contributed by atoms with van der Waals surface area (Å²) in [5.41, 5.74) is 3.17. The number of likely N-dealkylation sites (tertiary alicyclic amines) is 1. The van der Waals surface area contributed by atoms with Crippen LogP contribution in [0.3, 0.4) is 0 Å². The molecule has 2 N–H and O–H groups in total. The molecule has 34 heavy (non-hydrogen) atoms. The Morgan fingerprint density at radius 3 is 2.56 bits per heavy atom. The molecule has 2 amide bonds. The van der Waals surface area contributed by atoms with Gasteiger partial charge >= 0.3 is 12.2 Å². The lowest BCUT2D eigenvalue weighted by molar-refractivity contribution is 0.00696. The van der Waals surface area contributed by atoms with Crippen LogP contribution in [0.25, 0.3) is 0 Å². The molecule has 1 saturated heterocycles. The molecule has 0 bridgehead atoms. The van der Waals surface area contributed by atoms with Crippen LogP contribution in [0, 0.1) is 11.3 Å². The van der Waals surface area contributed by atoms with Crippen LogP contribution in [0.4, 0.5) is 15.3 Å². The highest BCUT2D eigenvalue weighted by molar-refractivity contribution is 5.70. The lowest BCUT2D eigenvalue weighted by atomic mass is 9.77. The van der Waals surface area contributed by atoms with Gasteiger partial charge in [-0.3, -0.25) is 0 Å². The SMILES string of the molecule is CC(C)(C)OC(=O)N(C[C@@H]1CCN(C(=O)O)[C@@H](C(C)(C)C)C1)C1CC1c1ccc2c(c1)CCN2. The first kappa shape index (κ1) is 24.7. The van der Waals surface area contributed by atoms with Crippen LogP contribution in [0.15, 0.2) is 18.2 Å². The molecule has 2 heterocycles. The van der Waals surface area contributed by atoms with Crippen molar-refractivity contribution in [2.24, 2.45) is 11.3 Å². The van der Waals surface area contributed by atoms with Gasteiger partial charge in [-0.2, -0.15) is 0 Å². The molecule has 1 aromatic carbocycles. The van der Waals surface area contributed by atoms with Crippen molar-refractivity contribution in [1.29, 1.82) is 0 Å². The van der Waals surface area contributed by atoms with Crippen molar-refractivity contribution >= 4 is 17.9 Å². The smallest absolute Gasteiger partial charge is 0.410 e. The number of benzene rings is 1. The zero-order valence-electron chi connectivity index (χ0n) is 21.6. The number of ether oxygens (including phenoxy) is 1. The van der Waals surface area contributed by atoms with E-state index in [9.17, 15) is 14.7 Å². The highest BCUT2D eigenvalue weighted by Gasteiger charge is 2.48. The summed E-state index contributed by atoms with van der Waals surface area (Å²) in [5, 5.41) is 13.1. The lowest BCUT2D eigenvalue weighted by Gasteiger charge is -2.45. The summed E-state index contributed by atoms with van der Waals surface area (Å²) in [5.74, 6) is 0.578. The van der Waals surface area contributed by atoms with Gasteiger partial charge in [0.15, 0.2) is 0 Å². The molecule has 2 unspecified atom stereocenters.